The Bertz CT molecular complexity index is 267. The smallest absolute Gasteiger partial charge is 0.0132 e. The molecule has 1 rings (SSSR count). The summed E-state index contributed by atoms with van der Waals surface area (Å²) in [5.41, 5.74) is 6.97. The van der Waals surface area contributed by atoms with E-state index in [-0.39, 0.29) is 5.54 Å². The van der Waals surface area contributed by atoms with Crippen LogP contribution in [-0.4, -0.2) is 5.54 Å². The summed E-state index contributed by atoms with van der Waals surface area (Å²) in [4.78, 5) is 0. The van der Waals surface area contributed by atoms with Crippen LogP contribution >= 0.6 is 0 Å². The van der Waals surface area contributed by atoms with Gasteiger partial charge < -0.3 is 5.73 Å². The third-order valence-electron chi connectivity index (χ3n) is 1.75. The summed E-state index contributed by atoms with van der Waals surface area (Å²) in [5, 5.41) is 0. The fourth-order valence-electron chi connectivity index (χ4n) is 1.06. The van der Waals surface area contributed by atoms with E-state index in [2.05, 4.69) is 24.3 Å². The molecule has 0 spiro atoms. The fraction of sp³-hybridized carbons (Fsp3) is 0.333. The van der Waals surface area contributed by atoms with Crippen LogP contribution in [-0.2, 0) is 0 Å². The average molecular weight is 175 g/mol. The Balaban J connectivity index is 2.51. The highest BCUT2D eigenvalue weighted by Gasteiger charge is 2.06. The van der Waals surface area contributed by atoms with E-state index in [9.17, 15) is 0 Å². The van der Waals surface area contributed by atoms with Gasteiger partial charge in [-0.25, -0.2) is 0 Å². The van der Waals surface area contributed by atoms with Crippen LogP contribution in [0.5, 0.6) is 0 Å². The Morgan fingerprint density at radius 1 is 1.23 bits per heavy atom. The van der Waals surface area contributed by atoms with Crippen molar-refractivity contribution in [2.24, 2.45) is 5.73 Å². The summed E-state index contributed by atoms with van der Waals surface area (Å²) in [6, 6.07) is 10.3. The number of rotatable bonds is 3. The van der Waals surface area contributed by atoms with Crippen LogP contribution in [0.3, 0.4) is 0 Å². The zero-order valence-corrected chi connectivity index (χ0v) is 8.33. The lowest BCUT2D eigenvalue weighted by Gasteiger charge is -2.14. The van der Waals surface area contributed by atoms with Crippen molar-refractivity contribution in [3.8, 4) is 0 Å². The predicted octanol–water partition coefficient (Wildman–Crippen LogP) is 2.83. The lowest BCUT2D eigenvalue weighted by atomic mass is 10.0. The van der Waals surface area contributed by atoms with Crippen molar-refractivity contribution < 1.29 is 0 Å². The van der Waals surface area contributed by atoms with Gasteiger partial charge in [-0.1, -0.05) is 42.5 Å². The molecule has 0 fully saturated rings. The van der Waals surface area contributed by atoms with Gasteiger partial charge in [0, 0.05) is 5.54 Å². The number of hydrogen-bond acceptors (Lipinski definition) is 1. The van der Waals surface area contributed by atoms with Gasteiger partial charge in [-0.2, -0.15) is 0 Å². The van der Waals surface area contributed by atoms with Gasteiger partial charge in [0.25, 0.3) is 0 Å². The second kappa shape index (κ2) is 4.24. The summed E-state index contributed by atoms with van der Waals surface area (Å²) < 4.78 is 0. The summed E-state index contributed by atoms with van der Waals surface area (Å²) >= 11 is 0. The SMILES string of the molecule is CC(C)(N)C/C=C/c1ccccc1. The zero-order chi connectivity index (χ0) is 9.73. The largest absolute Gasteiger partial charge is 0.325 e. The molecule has 1 nitrogen and oxygen atoms in total. The van der Waals surface area contributed by atoms with Gasteiger partial charge in [0.2, 0.25) is 0 Å². The quantitative estimate of drug-likeness (QED) is 0.751. The topological polar surface area (TPSA) is 26.0 Å². The van der Waals surface area contributed by atoms with Crippen LogP contribution in [0.15, 0.2) is 36.4 Å². The van der Waals surface area contributed by atoms with Crippen molar-refractivity contribution in [1.82, 2.24) is 0 Å². The average Bonchev–Trinajstić information content (AvgIpc) is 2.04. The molecule has 0 radical (unpaired) electrons. The molecule has 0 atom stereocenters. The highest BCUT2D eigenvalue weighted by Crippen LogP contribution is 2.07. The molecule has 1 aromatic carbocycles. The standard InChI is InChI=1S/C12H17N/c1-12(2,13)10-6-9-11-7-4-3-5-8-11/h3-9H,10,13H2,1-2H3/b9-6+. The maximum atomic E-state index is 5.85. The molecule has 0 aromatic heterocycles. The molecule has 0 amide bonds. The van der Waals surface area contributed by atoms with Gasteiger partial charge in [-0.3, -0.25) is 0 Å². The third kappa shape index (κ3) is 4.48. The lowest BCUT2D eigenvalue weighted by molar-refractivity contribution is 0.528. The van der Waals surface area contributed by atoms with Crippen molar-refractivity contribution in [3.63, 3.8) is 0 Å². The number of hydrogen-bond donors (Lipinski definition) is 1. The molecular weight excluding hydrogens is 158 g/mol. The van der Waals surface area contributed by atoms with Crippen LogP contribution in [0.2, 0.25) is 0 Å². The zero-order valence-electron chi connectivity index (χ0n) is 8.33. The van der Waals surface area contributed by atoms with Crippen LogP contribution in [0, 0.1) is 0 Å². The molecule has 1 aromatic rings. The fourth-order valence-corrected chi connectivity index (χ4v) is 1.06. The Morgan fingerprint density at radius 3 is 2.38 bits per heavy atom. The van der Waals surface area contributed by atoms with E-state index >= 15 is 0 Å². The summed E-state index contributed by atoms with van der Waals surface area (Å²) in [5.74, 6) is 0. The van der Waals surface area contributed by atoms with Crippen LogP contribution in [0.4, 0.5) is 0 Å². The van der Waals surface area contributed by atoms with Crippen molar-refractivity contribution in [2.75, 3.05) is 0 Å². The normalized spacial score (nSPS) is 12.2. The molecule has 0 heterocycles. The Labute approximate surface area is 80.3 Å². The summed E-state index contributed by atoms with van der Waals surface area (Å²) in [6.45, 7) is 4.06. The van der Waals surface area contributed by atoms with Gasteiger partial charge in [-0.05, 0) is 25.8 Å². The van der Waals surface area contributed by atoms with Crippen molar-refractivity contribution in [2.45, 2.75) is 25.8 Å². The summed E-state index contributed by atoms with van der Waals surface area (Å²) in [7, 11) is 0. The minimum absolute atomic E-state index is 0.106. The highest BCUT2D eigenvalue weighted by molar-refractivity contribution is 5.48. The van der Waals surface area contributed by atoms with E-state index < -0.39 is 0 Å². The third-order valence-corrected chi connectivity index (χ3v) is 1.75. The van der Waals surface area contributed by atoms with Crippen molar-refractivity contribution in [3.05, 3.63) is 42.0 Å². The summed E-state index contributed by atoms with van der Waals surface area (Å²) in [6.07, 6.45) is 5.13. The molecule has 0 aliphatic carbocycles. The highest BCUT2D eigenvalue weighted by atomic mass is 14.7. The van der Waals surface area contributed by atoms with E-state index in [0.29, 0.717) is 0 Å². The monoisotopic (exact) mass is 175 g/mol. The van der Waals surface area contributed by atoms with E-state index in [1.165, 1.54) is 5.56 Å². The molecule has 0 saturated carbocycles. The molecular formula is C12H17N. The molecule has 0 unspecified atom stereocenters. The first-order chi connectivity index (χ1) is 6.08. The van der Waals surface area contributed by atoms with Crippen LogP contribution in [0.1, 0.15) is 25.8 Å². The first-order valence-corrected chi connectivity index (χ1v) is 4.58. The van der Waals surface area contributed by atoms with Crippen LogP contribution in [0.25, 0.3) is 6.08 Å². The van der Waals surface area contributed by atoms with Gasteiger partial charge in [0.15, 0.2) is 0 Å². The second-order valence-corrected chi connectivity index (χ2v) is 4.01. The Hall–Kier alpha value is -1.08. The first kappa shape index (κ1) is 10.0. The molecule has 0 aliphatic heterocycles. The van der Waals surface area contributed by atoms with E-state index in [1.54, 1.807) is 0 Å². The minimum Gasteiger partial charge on any atom is -0.325 e. The molecule has 1 heteroatoms. The van der Waals surface area contributed by atoms with E-state index in [4.69, 9.17) is 5.73 Å². The number of nitrogens with two attached hydrogens (primary N) is 1. The van der Waals surface area contributed by atoms with E-state index in [0.717, 1.165) is 6.42 Å². The van der Waals surface area contributed by atoms with Gasteiger partial charge in [-0.15, -0.1) is 0 Å². The molecule has 2 N–H and O–H groups in total. The van der Waals surface area contributed by atoms with Gasteiger partial charge in [0.05, 0.1) is 0 Å². The molecule has 0 aliphatic rings. The molecule has 0 saturated heterocycles. The first-order valence-electron chi connectivity index (χ1n) is 4.58. The van der Waals surface area contributed by atoms with Crippen molar-refractivity contribution in [1.29, 1.82) is 0 Å². The second-order valence-electron chi connectivity index (χ2n) is 4.01. The maximum Gasteiger partial charge on any atom is 0.0132 e. The Morgan fingerprint density at radius 2 is 1.85 bits per heavy atom. The molecule has 70 valence electrons. The molecule has 0 bridgehead atoms. The number of benzene rings is 1. The van der Waals surface area contributed by atoms with Gasteiger partial charge in [0.1, 0.15) is 0 Å². The van der Waals surface area contributed by atoms with Crippen LogP contribution < -0.4 is 5.73 Å². The van der Waals surface area contributed by atoms with Crippen molar-refractivity contribution >= 4 is 6.08 Å². The lowest BCUT2D eigenvalue weighted by Crippen LogP contribution is -2.30. The maximum absolute atomic E-state index is 5.85. The minimum atomic E-state index is -0.106. The van der Waals surface area contributed by atoms with Gasteiger partial charge >= 0.3 is 0 Å². The predicted molar refractivity (Wildman–Crippen MR) is 58.4 cm³/mol. The van der Waals surface area contributed by atoms with E-state index in [1.807, 2.05) is 32.0 Å². The molecule has 13 heavy (non-hydrogen) atoms. The Kier molecular flexibility index (Phi) is 3.26.